The first-order valence-electron chi connectivity index (χ1n) is 7.75. The third-order valence-corrected chi connectivity index (χ3v) is 3.26. The van der Waals surface area contributed by atoms with E-state index in [0.29, 0.717) is 17.9 Å². The van der Waals surface area contributed by atoms with Crippen LogP contribution in [0.1, 0.15) is 32.6 Å². The maximum atomic E-state index is 12.4. The molecule has 0 aliphatic heterocycles. The zero-order valence-electron chi connectivity index (χ0n) is 12.9. The number of para-hydroxylation sites is 2. The Labute approximate surface area is 131 Å². The molecule has 0 atom stereocenters. The minimum Gasteiger partial charge on any atom is -0.448 e. The van der Waals surface area contributed by atoms with Gasteiger partial charge in [-0.05, 0) is 30.7 Å². The highest BCUT2D eigenvalue weighted by atomic mass is 16.7. The van der Waals surface area contributed by atoms with Crippen LogP contribution in [0.15, 0.2) is 60.7 Å². The molecule has 0 amide bonds. The summed E-state index contributed by atoms with van der Waals surface area (Å²) < 4.78 is 11.5. The number of unbranched alkanes of at least 4 members (excludes halogenated alkanes) is 2. The predicted molar refractivity (Wildman–Crippen MR) is 87.1 cm³/mol. The van der Waals surface area contributed by atoms with Gasteiger partial charge in [0.25, 0.3) is 0 Å². The molecule has 0 radical (unpaired) electrons. The number of rotatable bonds is 9. The van der Waals surface area contributed by atoms with E-state index in [1.807, 2.05) is 60.7 Å². The van der Waals surface area contributed by atoms with Crippen LogP contribution in [0.5, 0.6) is 11.5 Å². The van der Waals surface area contributed by atoms with E-state index in [9.17, 15) is 4.79 Å². The number of ether oxygens (including phenoxy) is 2. The average Bonchev–Trinajstić information content (AvgIpc) is 2.56. The van der Waals surface area contributed by atoms with E-state index in [2.05, 4.69) is 6.92 Å². The third kappa shape index (κ3) is 5.24. The van der Waals surface area contributed by atoms with E-state index in [1.54, 1.807) is 0 Å². The summed E-state index contributed by atoms with van der Waals surface area (Å²) in [5, 5.41) is 0. The molecule has 22 heavy (non-hydrogen) atoms. The highest BCUT2D eigenvalue weighted by Gasteiger charge is 2.21. The van der Waals surface area contributed by atoms with Crippen molar-refractivity contribution in [3.8, 4) is 11.5 Å². The molecule has 0 unspecified atom stereocenters. The maximum absolute atomic E-state index is 12.4. The van der Waals surface area contributed by atoms with Crippen LogP contribution in [-0.4, -0.2) is 12.1 Å². The Morgan fingerprint density at radius 1 is 0.864 bits per heavy atom. The molecule has 3 nitrogen and oxygen atoms in total. The van der Waals surface area contributed by atoms with Gasteiger partial charge in [0.2, 0.25) is 5.78 Å². The molecule has 0 fully saturated rings. The van der Waals surface area contributed by atoms with Crippen LogP contribution < -0.4 is 9.47 Å². The smallest absolute Gasteiger partial charge is 0.300 e. The fraction of sp³-hybridized carbons (Fsp3) is 0.316. The zero-order valence-corrected chi connectivity index (χ0v) is 12.9. The summed E-state index contributed by atoms with van der Waals surface area (Å²) in [6.07, 6.45) is 2.55. The van der Waals surface area contributed by atoms with Gasteiger partial charge < -0.3 is 9.47 Å². The van der Waals surface area contributed by atoms with Crippen molar-refractivity contribution in [1.82, 2.24) is 0 Å². The highest BCUT2D eigenvalue weighted by molar-refractivity contribution is 5.82. The van der Waals surface area contributed by atoms with Gasteiger partial charge in [0, 0.05) is 6.42 Å². The molecule has 2 rings (SSSR count). The summed E-state index contributed by atoms with van der Waals surface area (Å²) in [6.45, 7) is 2.11. The summed E-state index contributed by atoms with van der Waals surface area (Å²) in [5.41, 5.74) is 0. The molecule has 0 saturated heterocycles. The van der Waals surface area contributed by atoms with Gasteiger partial charge in [-0.15, -0.1) is 0 Å². The number of ketones is 1. The summed E-state index contributed by atoms with van der Waals surface area (Å²) in [7, 11) is 0. The second-order valence-corrected chi connectivity index (χ2v) is 5.12. The van der Waals surface area contributed by atoms with Crippen LogP contribution in [0.3, 0.4) is 0 Å². The van der Waals surface area contributed by atoms with Gasteiger partial charge >= 0.3 is 6.29 Å². The van der Waals surface area contributed by atoms with E-state index in [0.717, 1.165) is 19.3 Å². The van der Waals surface area contributed by atoms with E-state index in [-0.39, 0.29) is 5.78 Å². The molecule has 3 heteroatoms. The van der Waals surface area contributed by atoms with Crippen molar-refractivity contribution in [2.45, 2.75) is 38.9 Å². The molecular formula is C19H22O3. The van der Waals surface area contributed by atoms with Crippen molar-refractivity contribution in [3.05, 3.63) is 60.7 Å². The van der Waals surface area contributed by atoms with Crippen molar-refractivity contribution in [1.29, 1.82) is 0 Å². The second kappa shape index (κ2) is 8.88. The number of carbonyl (C=O) groups is 1. The van der Waals surface area contributed by atoms with Crippen LogP contribution in [0.25, 0.3) is 0 Å². The lowest BCUT2D eigenvalue weighted by Crippen LogP contribution is -2.33. The molecule has 0 aromatic heterocycles. The normalized spacial score (nSPS) is 10.5. The first-order valence-corrected chi connectivity index (χ1v) is 7.75. The first-order chi connectivity index (χ1) is 10.8. The van der Waals surface area contributed by atoms with Gasteiger partial charge in [0.15, 0.2) is 0 Å². The predicted octanol–water partition coefficient (Wildman–Crippen LogP) is 4.62. The number of carbonyl (C=O) groups excluding carboxylic acids is 1. The van der Waals surface area contributed by atoms with Crippen molar-refractivity contribution in [2.24, 2.45) is 0 Å². The Morgan fingerprint density at radius 2 is 1.36 bits per heavy atom. The molecule has 2 aromatic carbocycles. The minimum atomic E-state index is -0.901. The third-order valence-electron chi connectivity index (χ3n) is 3.26. The molecule has 0 spiro atoms. The van der Waals surface area contributed by atoms with Gasteiger partial charge in [-0.1, -0.05) is 56.2 Å². The van der Waals surface area contributed by atoms with E-state index in [1.165, 1.54) is 0 Å². The van der Waals surface area contributed by atoms with Gasteiger partial charge in [-0.25, -0.2) is 0 Å². The summed E-state index contributed by atoms with van der Waals surface area (Å²) in [5.74, 6) is 1.24. The van der Waals surface area contributed by atoms with Crippen molar-refractivity contribution >= 4 is 5.78 Å². The van der Waals surface area contributed by atoms with Gasteiger partial charge in [0.1, 0.15) is 11.5 Å². The van der Waals surface area contributed by atoms with Crippen LogP contribution >= 0.6 is 0 Å². The highest BCUT2D eigenvalue weighted by Crippen LogP contribution is 2.17. The average molecular weight is 298 g/mol. The van der Waals surface area contributed by atoms with Gasteiger partial charge in [0.05, 0.1) is 0 Å². The Balaban J connectivity index is 2.04. The number of hydrogen-bond donors (Lipinski definition) is 0. The summed E-state index contributed by atoms with van der Waals surface area (Å²) in [6, 6.07) is 18.6. The Kier molecular flexibility index (Phi) is 6.49. The quantitative estimate of drug-likeness (QED) is 0.500. The largest absolute Gasteiger partial charge is 0.448 e. The molecule has 0 N–H and O–H groups in total. The summed E-state index contributed by atoms with van der Waals surface area (Å²) >= 11 is 0. The van der Waals surface area contributed by atoms with E-state index >= 15 is 0 Å². The van der Waals surface area contributed by atoms with Gasteiger partial charge in [-0.2, -0.15) is 0 Å². The van der Waals surface area contributed by atoms with Crippen molar-refractivity contribution < 1.29 is 14.3 Å². The lowest BCUT2D eigenvalue weighted by atomic mass is 10.1. The Bertz CT molecular complexity index is 510. The fourth-order valence-corrected chi connectivity index (χ4v) is 2.07. The van der Waals surface area contributed by atoms with Crippen LogP contribution in [0.2, 0.25) is 0 Å². The molecule has 0 saturated carbocycles. The summed E-state index contributed by atoms with van der Waals surface area (Å²) in [4.78, 5) is 12.4. The minimum absolute atomic E-state index is 0.0267. The van der Waals surface area contributed by atoms with Crippen LogP contribution in [0.4, 0.5) is 0 Å². The fourth-order valence-electron chi connectivity index (χ4n) is 2.07. The zero-order chi connectivity index (χ0) is 15.6. The molecule has 116 valence electrons. The Hall–Kier alpha value is -2.29. The van der Waals surface area contributed by atoms with Crippen LogP contribution in [0, 0.1) is 0 Å². The van der Waals surface area contributed by atoms with Crippen LogP contribution in [-0.2, 0) is 4.79 Å². The maximum Gasteiger partial charge on any atom is 0.300 e. The number of Topliss-reactive ketones (excluding diaryl/α,β-unsaturated/α-hetero) is 1. The molecular weight excluding hydrogens is 276 g/mol. The van der Waals surface area contributed by atoms with Crippen molar-refractivity contribution in [3.63, 3.8) is 0 Å². The van der Waals surface area contributed by atoms with Gasteiger partial charge in [-0.3, -0.25) is 4.79 Å². The molecule has 0 aliphatic rings. The lowest BCUT2D eigenvalue weighted by Gasteiger charge is -2.19. The SMILES string of the molecule is CCCCCC(=O)C(Oc1ccccc1)Oc1ccccc1. The van der Waals surface area contributed by atoms with E-state index in [4.69, 9.17) is 9.47 Å². The number of benzene rings is 2. The number of hydrogen-bond acceptors (Lipinski definition) is 3. The van der Waals surface area contributed by atoms with Crippen molar-refractivity contribution in [2.75, 3.05) is 0 Å². The molecule has 0 heterocycles. The molecule has 2 aromatic rings. The molecule has 0 aliphatic carbocycles. The lowest BCUT2D eigenvalue weighted by molar-refractivity contribution is -0.138. The topological polar surface area (TPSA) is 35.5 Å². The second-order valence-electron chi connectivity index (χ2n) is 5.12. The standard InChI is InChI=1S/C19H22O3/c1-2-3-6-15-18(20)19(21-16-11-7-4-8-12-16)22-17-13-9-5-10-14-17/h4-5,7-14,19H,2-3,6,15H2,1H3. The van der Waals surface area contributed by atoms with E-state index < -0.39 is 6.29 Å². The monoisotopic (exact) mass is 298 g/mol. The first kappa shape index (κ1) is 16.1. The Morgan fingerprint density at radius 3 is 1.82 bits per heavy atom. The molecule has 0 bridgehead atoms.